The summed E-state index contributed by atoms with van der Waals surface area (Å²) in [6.45, 7) is 11.8. The summed E-state index contributed by atoms with van der Waals surface area (Å²) in [4.78, 5) is 14.6. The number of carbonyl (C=O) groups excluding carboxylic acids is 1. The predicted molar refractivity (Wildman–Crippen MR) is 75.1 cm³/mol. The van der Waals surface area contributed by atoms with Gasteiger partial charge in [-0.3, -0.25) is 9.69 Å². The van der Waals surface area contributed by atoms with Gasteiger partial charge in [-0.25, -0.2) is 0 Å². The molecule has 2 aliphatic heterocycles. The van der Waals surface area contributed by atoms with Crippen LogP contribution >= 0.6 is 0 Å². The van der Waals surface area contributed by atoms with Gasteiger partial charge in [0.15, 0.2) is 0 Å². The van der Waals surface area contributed by atoms with Crippen LogP contribution in [0, 0.1) is 5.92 Å². The molecule has 5 nitrogen and oxygen atoms in total. The molecule has 2 fully saturated rings. The summed E-state index contributed by atoms with van der Waals surface area (Å²) in [5, 5.41) is 6.75. The predicted octanol–water partition coefficient (Wildman–Crippen LogP) is 0.211. The molecule has 0 spiro atoms. The van der Waals surface area contributed by atoms with Crippen molar-refractivity contribution in [1.82, 2.24) is 15.5 Å². The van der Waals surface area contributed by atoms with Crippen molar-refractivity contribution in [2.75, 3.05) is 39.3 Å². The summed E-state index contributed by atoms with van der Waals surface area (Å²) in [5.41, 5.74) is -0.390. The Hall–Kier alpha value is -0.650. The smallest absolute Gasteiger partial charge is 0.310 e. The molecule has 0 aromatic carbocycles. The molecule has 5 heteroatoms. The van der Waals surface area contributed by atoms with E-state index in [-0.39, 0.29) is 17.5 Å². The van der Waals surface area contributed by atoms with Gasteiger partial charge in [0.1, 0.15) is 5.60 Å². The molecule has 0 bridgehead atoms. The maximum atomic E-state index is 12.1. The second-order valence-electron chi connectivity index (χ2n) is 6.56. The number of piperazine rings is 1. The first kappa shape index (κ1) is 14.8. The first-order valence-electron chi connectivity index (χ1n) is 7.34. The van der Waals surface area contributed by atoms with Gasteiger partial charge >= 0.3 is 5.97 Å². The topological polar surface area (TPSA) is 53.6 Å². The molecule has 19 heavy (non-hydrogen) atoms. The number of nitrogens with one attached hydrogen (secondary N) is 2. The quantitative estimate of drug-likeness (QED) is 0.702. The van der Waals surface area contributed by atoms with Gasteiger partial charge in [-0.05, 0) is 27.2 Å². The molecule has 0 radical (unpaired) electrons. The molecular formula is C14H27N3O2. The normalized spacial score (nSPS) is 30.1. The van der Waals surface area contributed by atoms with E-state index >= 15 is 0 Å². The van der Waals surface area contributed by atoms with E-state index < -0.39 is 0 Å². The zero-order chi connectivity index (χ0) is 13.9. The van der Waals surface area contributed by atoms with Crippen molar-refractivity contribution in [3.63, 3.8) is 0 Å². The Balaban J connectivity index is 1.87. The Labute approximate surface area is 116 Å². The minimum absolute atomic E-state index is 0.00661. The number of nitrogens with zero attached hydrogens (tertiary/aromatic N) is 1. The van der Waals surface area contributed by atoms with Crippen LogP contribution < -0.4 is 10.6 Å². The number of ether oxygens (including phenoxy) is 1. The van der Waals surface area contributed by atoms with E-state index in [0.717, 1.165) is 45.7 Å². The number of rotatable bonds is 2. The fourth-order valence-electron chi connectivity index (χ4n) is 2.81. The number of carbonyl (C=O) groups is 1. The van der Waals surface area contributed by atoms with Crippen LogP contribution in [0.3, 0.4) is 0 Å². The molecule has 0 aromatic heterocycles. The van der Waals surface area contributed by atoms with Crippen molar-refractivity contribution >= 4 is 5.97 Å². The third-order valence-electron chi connectivity index (χ3n) is 3.74. The molecule has 110 valence electrons. The molecule has 0 amide bonds. The second-order valence-corrected chi connectivity index (χ2v) is 6.56. The Morgan fingerprint density at radius 3 is 2.47 bits per heavy atom. The minimum atomic E-state index is -0.390. The number of hydrogen-bond acceptors (Lipinski definition) is 5. The molecule has 2 aliphatic rings. The highest BCUT2D eigenvalue weighted by molar-refractivity contribution is 5.73. The number of esters is 1. The van der Waals surface area contributed by atoms with Crippen molar-refractivity contribution in [3.05, 3.63) is 0 Å². The third kappa shape index (κ3) is 4.44. The molecule has 2 saturated heterocycles. The Bertz CT molecular complexity index is 308. The van der Waals surface area contributed by atoms with E-state index in [9.17, 15) is 4.79 Å². The highest BCUT2D eigenvalue weighted by Crippen LogP contribution is 2.20. The first-order valence-corrected chi connectivity index (χ1v) is 7.34. The molecule has 0 unspecified atom stereocenters. The molecule has 0 aliphatic carbocycles. The largest absolute Gasteiger partial charge is 0.460 e. The van der Waals surface area contributed by atoms with Gasteiger partial charge < -0.3 is 15.4 Å². The Morgan fingerprint density at radius 2 is 1.84 bits per heavy atom. The zero-order valence-corrected chi connectivity index (χ0v) is 12.4. The van der Waals surface area contributed by atoms with Gasteiger partial charge in [0.05, 0.1) is 5.92 Å². The lowest BCUT2D eigenvalue weighted by Gasteiger charge is -2.39. The SMILES string of the molecule is CC(C)(C)OC(=O)[C@H]1CNC[C@H](N2CCNCC2)C1. The summed E-state index contributed by atoms with van der Waals surface area (Å²) in [7, 11) is 0. The monoisotopic (exact) mass is 269 g/mol. The maximum Gasteiger partial charge on any atom is 0.310 e. The molecule has 0 saturated carbocycles. The summed E-state index contributed by atoms with van der Waals surface area (Å²) in [5.74, 6) is -0.0623. The van der Waals surface area contributed by atoms with Gasteiger partial charge in [0, 0.05) is 45.3 Å². The average Bonchev–Trinajstić information content (AvgIpc) is 2.38. The van der Waals surface area contributed by atoms with E-state index in [0.29, 0.717) is 6.04 Å². The van der Waals surface area contributed by atoms with Crippen molar-refractivity contribution in [2.45, 2.75) is 38.8 Å². The van der Waals surface area contributed by atoms with Crippen LogP contribution in [0.5, 0.6) is 0 Å². The van der Waals surface area contributed by atoms with Crippen molar-refractivity contribution in [2.24, 2.45) is 5.92 Å². The zero-order valence-electron chi connectivity index (χ0n) is 12.4. The highest BCUT2D eigenvalue weighted by Gasteiger charge is 2.33. The van der Waals surface area contributed by atoms with E-state index in [1.165, 1.54) is 0 Å². The van der Waals surface area contributed by atoms with E-state index in [4.69, 9.17) is 4.74 Å². The van der Waals surface area contributed by atoms with Gasteiger partial charge in [-0.1, -0.05) is 0 Å². The molecule has 2 N–H and O–H groups in total. The number of piperidine rings is 1. The Morgan fingerprint density at radius 1 is 1.16 bits per heavy atom. The Kier molecular flexibility index (Phi) is 4.81. The van der Waals surface area contributed by atoms with Crippen LogP contribution in [-0.4, -0.2) is 61.8 Å². The van der Waals surface area contributed by atoms with Crippen molar-refractivity contribution in [1.29, 1.82) is 0 Å². The summed E-state index contributed by atoms with van der Waals surface area (Å²) < 4.78 is 5.50. The average molecular weight is 269 g/mol. The lowest BCUT2D eigenvalue weighted by Crippen LogP contribution is -2.56. The summed E-state index contributed by atoms with van der Waals surface area (Å²) in [6.07, 6.45) is 0.919. The van der Waals surface area contributed by atoms with Crippen molar-refractivity contribution in [3.8, 4) is 0 Å². The van der Waals surface area contributed by atoms with Crippen LogP contribution in [0.25, 0.3) is 0 Å². The van der Waals surface area contributed by atoms with Crippen LogP contribution in [0.2, 0.25) is 0 Å². The summed E-state index contributed by atoms with van der Waals surface area (Å²) >= 11 is 0. The molecule has 2 heterocycles. The van der Waals surface area contributed by atoms with E-state index in [2.05, 4.69) is 15.5 Å². The fourth-order valence-corrected chi connectivity index (χ4v) is 2.81. The summed E-state index contributed by atoms with van der Waals surface area (Å²) in [6, 6.07) is 0.466. The van der Waals surface area contributed by atoms with Gasteiger partial charge in [0.2, 0.25) is 0 Å². The minimum Gasteiger partial charge on any atom is -0.460 e. The second kappa shape index (κ2) is 6.20. The van der Waals surface area contributed by atoms with Gasteiger partial charge in [0.25, 0.3) is 0 Å². The van der Waals surface area contributed by atoms with Crippen molar-refractivity contribution < 1.29 is 9.53 Å². The van der Waals surface area contributed by atoms with Crippen LogP contribution in [0.15, 0.2) is 0 Å². The lowest BCUT2D eigenvalue weighted by molar-refractivity contribution is -0.161. The van der Waals surface area contributed by atoms with E-state index in [1.807, 2.05) is 20.8 Å². The van der Waals surface area contributed by atoms with Gasteiger partial charge in [-0.2, -0.15) is 0 Å². The van der Waals surface area contributed by atoms with Crippen LogP contribution in [-0.2, 0) is 9.53 Å². The number of hydrogen-bond donors (Lipinski definition) is 2. The standard InChI is InChI=1S/C14H27N3O2/c1-14(2,3)19-13(18)11-8-12(10-16-9-11)17-6-4-15-5-7-17/h11-12,15-16H,4-10H2,1-3H3/t11-,12-/m1/s1. The first-order chi connectivity index (χ1) is 8.96. The molecular weight excluding hydrogens is 242 g/mol. The third-order valence-corrected chi connectivity index (χ3v) is 3.74. The van der Waals surface area contributed by atoms with E-state index in [1.54, 1.807) is 0 Å². The van der Waals surface area contributed by atoms with Gasteiger partial charge in [-0.15, -0.1) is 0 Å². The molecule has 2 atom stereocenters. The maximum absolute atomic E-state index is 12.1. The lowest BCUT2D eigenvalue weighted by atomic mass is 9.94. The molecule has 0 aromatic rings. The van der Waals surface area contributed by atoms with Crippen LogP contribution in [0.1, 0.15) is 27.2 Å². The highest BCUT2D eigenvalue weighted by atomic mass is 16.6. The molecule has 2 rings (SSSR count). The fraction of sp³-hybridized carbons (Fsp3) is 0.929. The van der Waals surface area contributed by atoms with Crippen LogP contribution in [0.4, 0.5) is 0 Å².